The van der Waals surface area contributed by atoms with E-state index < -0.39 is 11.2 Å². The number of carbonyl (C=O) groups is 1. The van der Waals surface area contributed by atoms with E-state index in [9.17, 15) is 9.18 Å². The van der Waals surface area contributed by atoms with Crippen molar-refractivity contribution in [3.63, 3.8) is 0 Å². The molecule has 14 heavy (non-hydrogen) atoms. The third kappa shape index (κ3) is 2.23. The Bertz CT molecular complexity index is 341. The molecule has 0 aliphatic heterocycles. The second kappa shape index (κ2) is 4.42. The lowest BCUT2D eigenvalue weighted by Gasteiger charge is -2.18. The van der Waals surface area contributed by atoms with Gasteiger partial charge in [-0.1, -0.05) is 12.1 Å². The molecule has 0 saturated heterocycles. The van der Waals surface area contributed by atoms with Crippen molar-refractivity contribution in [1.82, 2.24) is 0 Å². The van der Waals surface area contributed by atoms with Crippen LogP contribution in [0.15, 0.2) is 24.3 Å². The third-order valence-corrected chi connectivity index (χ3v) is 2.07. The van der Waals surface area contributed by atoms with Crippen LogP contribution in [-0.2, 0) is 4.79 Å². The van der Waals surface area contributed by atoms with Crippen molar-refractivity contribution in [2.45, 2.75) is 12.3 Å². The normalized spacial score (nSPS) is 12.3. The summed E-state index contributed by atoms with van der Waals surface area (Å²) in [6, 6.07) is 6.08. The minimum Gasteiger partial charge on any atom is -0.312 e. The zero-order valence-electron chi connectivity index (χ0n) is 8.00. The van der Waals surface area contributed by atoms with E-state index in [4.69, 9.17) is 11.6 Å². The van der Waals surface area contributed by atoms with Gasteiger partial charge in [-0.3, -0.25) is 4.79 Å². The molecule has 1 aromatic carbocycles. The van der Waals surface area contributed by atoms with Gasteiger partial charge in [0.25, 0.3) is 0 Å². The number of carbonyl (C=O) groups excluding carboxylic acids is 1. The second-order valence-electron chi connectivity index (χ2n) is 2.96. The van der Waals surface area contributed by atoms with Crippen molar-refractivity contribution in [1.29, 1.82) is 0 Å². The molecule has 1 unspecified atom stereocenters. The Balaban J connectivity index is 2.95. The molecule has 4 heteroatoms. The summed E-state index contributed by atoms with van der Waals surface area (Å²) in [5.74, 6) is -0.752. The smallest absolute Gasteiger partial charge is 0.244 e. The van der Waals surface area contributed by atoms with Crippen molar-refractivity contribution in [2.75, 3.05) is 11.9 Å². The third-order valence-electron chi connectivity index (χ3n) is 1.88. The van der Waals surface area contributed by atoms with Crippen LogP contribution in [0.25, 0.3) is 0 Å². The van der Waals surface area contributed by atoms with Crippen LogP contribution in [0.3, 0.4) is 0 Å². The average molecular weight is 216 g/mol. The summed E-state index contributed by atoms with van der Waals surface area (Å²) in [5.41, 5.74) is 0.241. The van der Waals surface area contributed by atoms with Crippen LogP contribution in [0.4, 0.5) is 10.1 Å². The number of benzene rings is 1. The van der Waals surface area contributed by atoms with Gasteiger partial charge in [-0.05, 0) is 19.1 Å². The van der Waals surface area contributed by atoms with Gasteiger partial charge in [-0.25, -0.2) is 4.39 Å². The molecule has 0 saturated carbocycles. The van der Waals surface area contributed by atoms with E-state index in [1.807, 2.05) is 0 Å². The first-order valence-corrected chi connectivity index (χ1v) is 4.64. The van der Waals surface area contributed by atoms with Gasteiger partial charge in [0.05, 0.1) is 5.69 Å². The van der Waals surface area contributed by atoms with E-state index in [0.29, 0.717) is 0 Å². The number of amides is 1. The Labute approximate surface area is 87.3 Å². The summed E-state index contributed by atoms with van der Waals surface area (Å²) in [4.78, 5) is 12.6. The highest BCUT2D eigenvalue weighted by atomic mass is 35.5. The molecule has 1 aromatic rings. The molecule has 0 bridgehead atoms. The number of rotatable bonds is 2. The van der Waals surface area contributed by atoms with Crippen LogP contribution in [0, 0.1) is 5.82 Å². The molecule has 0 heterocycles. The van der Waals surface area contributed by atoms with Crippen LogP contribution >= 0.6 is 11.6 Å². The lowest BCUT2D eigenvalue weighted by Crippen LogP contribution is -2.32. The predicted octanol–water partition coefficient (Wildman–Crippen LogP) is 2.42. The van der Waals surface area contributed by atoms with Gasteiger partial charge in [0, 0.05) is 7.05 Å². The largest absolute Gasteiger partial charge is 0.312 e. The molecule has 0 aliphatic rings. The van der Waals surface area contributed by atoms with E-state index in [1.165, 1.54) is 24.1 Å². The Morgan fingerprint density at radius 2 is 2.07 bits per heavy atom. The van der Waals surface area contributed by atoms with E-state index >= 15 is 0 Å². The SMILES string of the molecule is CC(Cl)C(=O)N(C)c1ccccc1F. The van der Waals surface area contributed by atoms with Gasteiger partial charge in [0.1, 0.15) is 11.2 Å². The van der Waals surface area contributed by atoms with Gasteiger partial charge in [0.2, 0.25) is 5.91 Å². The zero-order valence-corrected chi connectivity index (χ0v) is 8.75. The number of para-hydroxylation sites is 1. The highest BCUT2D eigenvalue weighted by Crippen LogP contribution is 2.18. The topological polar surface area (TPSA) is 20.3 Å². The van der Waals surface area contributed by atoms with E-state index in [0.717, 1.165) is 0 Å². The number of hydrogen-bond acceptors (Lipinski definition) is 1. The maximum absolute atomic E-state index is 13.2. The number of anilines is 1. The van der Waals surface area contributed by atoms with Crippen molar-refractivity contribution in [2.24, 2.45) is 0 Å². The first kappa shape index (κ1) is 11.0. The lowest BCUT2D eigenvalue weighted by molar-refractivity contribution is -0.117. The first-order chi connectivity index (χ1) is 6.54. The Morgan fingerprint density at radius 1 is 1.50 bits per heavy atom. The fraction of sp³-hybridized carbons (Fsp3) is 0.300. The summed E-state index contributed by atoms with van der Waals surface area (Å²) in [7, 11) is 1.50. The lowest BCUT2D eigenvalue weighted by atomic mass is 10.2. The summed E-state index contributed by atoms with van der Waals surface area (Å²) < 4.78 is 13.2. The number of alkyl halides is 1. The minimum absolute atomic E-state index is 0.241. The first-order valence-electron chi connectivity index (χ1n) is 4.20. The molecule has 0 spiro atoms. The Hall–Kier alpha value is -1.09. The summed E-state index contributed by atoms with van der Waals surface area (Å²) in [5, 5.41) is -0.653. The van der Waals surface area contributed by atoms with Crippen LogP contribution in [-0.4, -0.2) is 18.3 Å². The van der Waals surface area contributed by atoms with E-state index in [1.54, 1.807) is 19.1 Å². The van der Waals surface area contributed by atoms with E-state index in [-0.39, 0.29) is 11.6 Å². The van der Waals surface area contributed by atoms with Gasteiger partial charge >= 0.3 is 0 Å². The van der Waals surface area contributed by atoms with Gasteiger partial charge in [0.15, 0.2) is 0 Å². The van der Waals surface area contributed by atoms with Crippen molar-refractivity contribution < 1.29 is 9.18 Å². The highest BCUT2D eigenvalue weighted by Gasteiger charge is 2.18. The molecule has 0 aliphatic carbocycles. The molecular formula is C10H11ClFNO. The van der Waals surface area contributed by atoms with Crippen molar-refractivity contribution in [3.8, 4) is 0 Å². The highest BCUT2D eigenvalue weighted by molar-refractivity contribution is 6.32. The molecule has 1 rings (SSSR count). The Morgan fingerprint density at radius 3 is 2.57 bits per heavy atom. The zero-order chi connectivity index (χ0) is 10.7. The van der Waals surface area contributed by atoms with Crippen LogP contribution in [0.5, 0.6) is 0 Å². The van der Waals surface area contributed by atoms with Gasteiger partial charge in [-0.15, -0.1) is 11.6 Å². The van der Waals surface area contributed by atoms with Crippen LogP contribution < -0.4 is 4.90 Å². The molecule has 76 valence electrons. The molecule has 0 fully saturated rings. The van der Waals surface area contributed by atoms with Gasteiger partial charge < -0.3 is 4.90 Å². The van der Waals surface area contributed by atoms with Crippen molar-refractivity contribution in [3.05, 3.63) is 30.1 Å². The van der Waals surface area contributed by atoms with Gasteiger partial charge in [-0.2, -0.15) is 0 Å². The van der Waals surface area contributed by atoms with Crippen molar-refractivity contribution >= 4 is 23.2 Å². The minimum atomic E-state index is -0.653. The maximum atomic E-state index is 13.2. The monoisotopic (exact) mass is 215 g/mol. The molecule has 0 aromatic heterocycles. The predicted molar refractivity (Wildman–Crippen MR) is 55.1 cm³/mol. The number of hydrogen-bond donors (Lipinski definition) is 0. The Kier molecular flexibility index (Phi) is 3.47. The molecule has 2 nitrogen and oxygen atoms in total. The molecule has 1 atom stereocenters. The summed E-state index contributed by atoms with van der Waals surface area (Å²) in [6.07, 6.45) is 0. The fourth-order valence-electron chi connectivity index (χ4n) is 1.11. The fourth-order valence-corrected chi connectivity index (χ4v) is 1.26. The average Bonchev–Trinajstić information content (AvgIpc) is 2.16. The standard InChI is InChI=1S/C10H11ClFNO/c1-7(11)10(14)13(2)9-6-4-3-5-8(9)12/h3-7H,1-2H3. The maximum Gasteiger partial charge on any atom is 0.244 e. The molecule has 1 amide bonds. The molecule has 0 radical (unpaired) electrons. The number of halogens is 2. The quantitative estimate of drug-likeness (QED) is 0.694. The molecular weight excluding hydrogens is 205 g/mol. The second-order valence-corrected chi connectivity index (χ2v) is 3.62. The summed E-state index contributed by atoms with van der Waals surface area (Å²) >= 11 is 5.61. The van der Waals surface area contributed by atoms with Crippen LogP contribution in [0.1, 0.15) is 6.92 Å². The van der Waals surface area contributed by atoms with Crippen LogP contribution in [0.2, 0.25) is 0 Å². The molecule has 0 N–H and O–H groups in total. The summed E-state index contributed by atoms with van der Waals surface area (Å²) in [6.45, 7) is 1.56. The number of nitrogens with zero attached hydrogens (tertiary/aromatic N) is 1. The van der Waals surface area contributed by atoms with E-state index in [2.05, 4.69) is 0 Å².